The van der Waals surface area contributed by atoms with Crippen molar-refractivity contribution in [3.8, 4) is 0 Å². The van der Waals surface area contributed by atoms with Crippen LogP contribution in [0.4, 0.5) is 0 Å². The fourth-order valence-electron chi connectivity index (χ4n) is 3.15. The molecule has 2 aliphatic rings. The van der Waals surface area contributed by atoms with Crippen LogP contribution < -0.4 is 5.32 Å². The van der Waals surface area contributed by atoms with Crippen LogP contribution in [0.5, 0.6) is 0 Å². The van der Waals surface area contributed by atoms with Crippen LogP contribution in [-0.2, 0) is 9.53 Å². The Morgan fingerprint density at radius 3 is 2.95 bits per heavy atom. The van der Waals surface area contributed by atoms with Gasteiger partial charge < -0.3 is 15.0 Å². The van der Waals surface area contributed by atoms with Crippen molar-refractivity contribution in [2.45, 2.75) is 42.4 Å². The Balaban J connectivity index is 1.53. The first-order valence-electron chi connectivity index (χ1n) is 7.97. The van der Waals surface area contributed by atoms with E-state index in [1.54, 1.807) is 19.0 Å². The van der Waals surface area contributed by atoms with Gasteiger partial charge in [0.25, 0.3) is 5.91 Å². The molecule has 3 atom stereocenters. The lowest BCUT2D eigenvalue weighted by molar-refractivity contribution is -0.140. The average molecular weight is 320 g/mol. The third kappa shape index (κ3) is 3.47. The zero-order valence-electron chi connectivity index (χ0n) is 13.2. The second-order valence-electron chi connectivity index (χ2n) is 6.19. The lowest BCUT2D eigenvalue weighted by atomic mass is 10.0. The Bertz CT molecular complexity index is 535. The molecular weight excluding hydrogens is 296 g/mol. The number of carbonyl (C=O) groups excluding carboxylic acids is 1. The topological polar surface area (TPSA) is 41.6 Å². The second-order valence-corrected chi connectivity index (χ2v) is 7.33. The van der Waals surface area contributed by atoms with Gasteiger partial charge in [0.05, 0.1) is 6.10 Å². The highest BCUT2D eigenvalue weighted by Crippen LogP contribution is 2.36. The highest BCUT2D eigenvalue weighted by atomic mass is 32.2. The molecule has 0 aromatic heterocycles. The average Bonchev–Trinajstić information content (AvgIpc) is 3.01. The number of ether oxygens (including phenoxy) is 1. The summed E-state index contributed by atoms with van der Waals surface area (Å²) in [6.07, 6.45) is 2.83. The fraction of sp³-hybridized carbons (Fsp3) is 0.588. The van der Waals surface area contributed by atoms with Crippen molar-refractivity contribution in [3.63, 3.8) is 0 Å². The van der Waals surface area contributed by atoms with Crippen molar-refractivity contribution < 1.29 is 9.53 Å². The Kier molecular flexibility index (Phi) is 5.06. The summed E-state index contributed by atoms with van der Waals surface area (Å²) >= 11 is 1.94. The van der Waals surface area contributed by atoms with E-state index in [4.69, 9.17) is 4.74 Å². The zero-order valence-corrected chi connectivity index (χ0v) is 14.1. The molecule has 4 nitrogen and oxygen atoms in total. The van der Waals surface area contributed by atoms with Gasteiger partial charge in [-0.2, -0.15) is 0 Å². The van der Waals surface area contributed by atoms with Crippen molar-refractivity contribution in [2.75, 3.05) is 26.4 Å². The molecule has 2 heterocycles. The molecule has 0 unspecified atom stereocenters. The number of hydrogen-bond donors (Lipinski definition) is 1. The Labute approximate surface area is 136 Å². The van der Waals surface area contributed by atoms with Crippen molar-refractivity contribution in [1.29, 1.82) is 0 Å². The number of hydrogen-bond acceptors (Lipinski definition) is 4. The summed E-state index contributed by atoms with van der Waals surface area (Å²) in [6, 6.07) is 9.03. The molecule has 0 spiro atoms. The second kappa shape index (κ2) is 7.02. The molecule has 22 heavy (non-hydrogen) atoms. The van der Waals surface area contributed by atoms with Gasteiger partial charge in [0.2, 0.25) is 0 Å². The number of benzene rings is 1. The van der Waals surface area contributed by atoms with E-state index in [1.165, 1.54) is 10.5 Å². The predicted octanol–water partition coefficient (Wildman–Crippen LogP) is 2.45. The minimum atomic E-state index is -0.254. The number of nitrogens with one attached hydrogen (secondary N) is 1. The molecule has 3 rings (SSSR count). The van der Waals surface area contributed by atoms with E-state index in [0.717, 1.165) is 31.6 Å². The highest BCUT2D eigenvalue weighted by Gasteiger charge is 2.32. The molecule has 0 bridgehead atoms. The molecule has 1 aromatic rings. The molecule has 0 saturated carbocycles. The van der Waals surface area contributed by atoms with Crippen molar-refractivity contribution in [1.82, 2.24) is 10.2 Å². The summed E-state index contributed by atoms with van der Waals surface area (Å²) < 4.78 is 5.90. The molecule has 1 aromatic carbocycles. The smallest absolute Gasteiger partial charge is 0.251 e. The summed E-state index contributed by atoms with van der Waals surface area (Å²) in [5.41, 5.74) is 1.40. The molecule has 0 radical (unpaired) electrons. The van der Waals surface area contributed by atoms with E-state index in [1.807, 2.05) is 11.8 Å². The van der Waals surface area contributed by atoms with Crippen molar-refractivity contribution in [3.05, 3.63) is 29.8 Å². The summed E-state index contributed by atoms with van der Waals surface area (Å²) in [5.74, 6) is 1.24. The molecule has 1 fully saturated rings. The molecular formula is C17H24N2O2S. The van der Waals surface area contributed by atoms with Gasteiger partial charge in [-0.3, -0.25) is 4.79 Å². The van der Waals surface area contributed by atoms with Gasteiger partial charge in [0.1, 0.15) is 6.10 Å². The van der Waals surface area contributed by atoms with E-state index < -0.39 is 0 Å². The van der Waals surface area contributed by atoms with Gasteiger partial charge in [-0.15, -0.1) is 11.8 Å². The first-order chi connectivity index (χ1) is 10.6. The standard InChI is InChI=1S/C17H24N2O2S/c1-19(2)17(20)15-8-7-12(21-15)11-18-14-9-10-22-16-6-4-3-5-13(14)16/h3-6,12,14-15,18H,7-11H2,1-2H3/t12-,14+,15-/m0/s1. The van der Waals surface area contributed by atoms with Gasteiger partial charge in [0.15, 0.2) is 0 Å². The van der Waals surface area contributed by atoms with Crippen LogP contribution in [0.15, 0.2) is 29.2 Å². The Morgan fingerprint density at radius 2 is 2.14 bits per heavy atom. The third-order valence-electron chi connectivity index (χ3n) is 4.37. The first-order valence-corrected chi connectivity index (χ1v) is 8.95. The van der Waals surface area contributed by atoms with Crippen molar-refractivity contribution in [2.24, 2.45) is 0 Å². The number of nitrogens with zero attached hydrogens (tertiary/aromatic N) is 1. The lowest BCUT2D eigenvalue weighted by Gasteiger charge is -2.27. The van der Waals surface area contributed by atoms with Gasteiger partial charge in [-0.25, -0.2) is 0 Å². The molecule has 0 aliphatic carbocycles. The first kappa shape index (κ1) is 15.8. The number of carbonyl (C=O) groups is 1. The minimum Gasteiger partial charge on any atom is -0.364 e. The van der Waals surface area contributed by atoms with Gasteiger partial charge in [-0.05, 0) is 36.6 Å². The number of fused-ring (bicyclic) bond motifs is 1. The SMILES string of the molecule is CN(C)C(=O)[C@@H]1CC[C@@H](CN[C@@H]2CCSc3ccccc32)O1. The summed E-state index contributed by atoms with van der Waals surface area (Å²) in [6.45, 7) is 0.820. The van der Waals surface area contributed by atoms with Gasteiger partial charge >= 0.3 is 0 Å². The van der Waals surface area contributed by atoms with Crippen LogP contribution in [0, 0.1) is 0 Å². The maximum atomic E-state index is 11.9. The summed E-state index contributed by atoms with van der Waals surface area (Å²) in [7, 11) is 3.57. The molecule has 120 valence electrons. The summed E-state index contributed by atoms with van der Waals surface area (Å²) in [5, 5.41) is 3.65. The molecule has 5 heteroatoms. The quantitative estimate of drug-likeness (QED) is 0.925. The van der Waals surface area contributed by atoms with E-state index in [0.29, 0.717) is 6.04 Å². The van der Waals surface area contributed by atoms with Crippen molar-refractivity contribution >= 4 is 17.7 Å². The normalized spacial score (nSPS) is 27.5. The predicted molar refractivity (Wildman–Crippen MR) is 89.1 cm³/mol. The number of rotatable bonds is 4. The minimum absolute atomic E-state index is 0.0851. The fourth-order valence-corrected chi connectivity index (χ4v) is 4.28. The van der Waals surface area contributed by atoms with E-state index in [-0.39, 0.29) is 18.1 Å². The van der Waals surface area contributed by atoms with Crippen LogP contribution >= 0.6 is 11.8 Å². The number of amides is 1. The molecule has 2 aliphatic heterocycles. The zero-order chi connectivity index (χ0) is 15.5. The maximum absolute atomic E-state index is 11.9. The molecule has 1 saturated heterocycles. The van der Waals surface area contributed by atoms with E-state index >= 15 is 0 Å². The van der Waals surface area contributed by atoms with Gasteiger partial charge in [-0.1, -0.05) is 18.2 Å². The Morgan fingerprint density at radius 1 is 1.32 bits per heavy atom. The van der Waals surface area contributed by atoms with E-state index in [2.05, 4.69) is 29.6 Å². The van der Waals surface area contributed by atoms with Crippen LogP contribution in [0.25, 0.3) is 0 Å². The van der Waals surface area contributed by atoms with Crippen LogP contribution in [-0.4, -0.2) is 49.4 Å². The third-order valence-corrected chi connectivity index (χ3v) is 5.50. The molecule has 1 N–H and O–H groups in total. The maximum Gasteiger partial charge on any atom is 0.251 e. The lowest BCUT2D eigenvalue weighted by Crippen LogP contribution is -2.36. The number of likely N-dealkylation sites (N-methyl/N-ethyl adjacent to an activating group) is 1. The van der Waals surface area contributed by atoms with Crippen LogP contribution in [0.2, 0.25) is 0 Å². The monoisotopic (exact) mass is 320 g/mol. The number of thioether (sulfide) groups is 1. The summed E-state index contributed by atoms with van der Waals surface area (Å²) in [4.78, 5) is 14.9. The molecule has 1 amide bonds. The van der Waals surface area contributed by atoms with Crippen LogP contribution in [0.1, 0.15) is 30.9 Å². The largest absolute Gasteiger partial charge is 0.364 e. The highest BCUT2D eigenvalue weighted by molar-refractivity contribution is 7.99. The Hall–Kier alpha value is -1.04. The van der Waals surface area contributed by atoms with E-state index in [9.17, 15) is 4.79 Å². The van der Waals surface area contributed by atoms with Crippen LogP contribution in [0.3, 0.4) is 0 Å². The van der Waals surface area contributed by atoms with Gasteiger partial charge in [0, 0.05) is 31.6 Å².